The van der Waals surface area contributed by atoms with Gasteiger partial charge in [0.2, 0.25) is 5.71 Å². The lowest BCUT2D eigenvalue weighted by Gasteiger charge is -2.07. The minimum atomic E-state index is 0.653. The number of rotatable bonds is 2. The first-order valence-corrected chi connectivity index (χ1v) is 12.4. The number of pyridine rings is 1. The number of para-hydroxylation sites is 3. The Balaban J connectivity index is 1.50. The average Bonchev–Trinajstić information content (AvgIpc) is 3.58. The van der Waals surface area contributed by atoms with Crippen molar-refractivity contribution in [2.24, 2.45) is 7.05 Å². The van der Waals surface area contributed by atoms with Gasteiger partial charge >= 0.3 is 0 Å². The SMILES string of the molecule is Cc1ccc2c(oc3ccccc32)c1-c1n(-c2ccc3c(c2)oc2ncccc23)c2ccccc2[n+]1C. The fourth-order valence-electron chi connectivity index (χ4n) is 5.76. The van der Waals surface area contributed by atoms with E-state index in [9.17, 15) is 0 Å². The number of hydrogen-bond donors (Lipinski definition) is 0. The molecule has 0 N–H and O–H groups in total. The van der Waals surface area contributed by atoms with Crippen LogP contribution >= 0.6 is 0 Å². The average molecular weight is 481 g/mol. The van der Waals surface area contributed by atoms with Crippen LogP contribution in [0.15, 0.2) is 106 Å². The van der Waals surface area contributed by atoms with Gasteiger partial charge in [0.25, 0.3) is 5.82 Å². The smallest absolute Gasteiger partial charge is 0.298 e. The Bertz CT molecular complexity index is 2180. The van der Waals surface area contributed by atoms with E-state index in [0.29, 0.717) is 5.71 Å². The maximum atomic E-state index is 6.52. The molecule has 0 saturated heterocycles. The van der Waals surface area contributed by atoms with Gasteiger partial charge in [-0.3, -0.25) is 0 Å². The lowest BCUT2D eigenvalue weighted by atomic mass is 10.0. The number of aryl methyl sites for hydroxylation is 2. The predicted molar refractivity (Wildman–Crippen MR) is 147 cm³/mol. The van der Waals surface area contributed by atoms with Crippen LogP contribution in [-0.4, -0.2) is 9.55 Å². The van der Waals surface area contributed by atoms with Gasteiger partial charge in [0.15, 0.2) is 16.6 Å². The fraction of sp³-hybridized carbons (Fsp3) is 0.0625. The summed E-state index contributed by atoms with van der Waals surface area (Å²) in [5.41, 5.74) is 8.76. The van der Waals surface area contributed by atoms with E-state index in [0.717, 1.165) is 72.0 Å². The molecule has 0 amide bonds. The van der Waals surface area contributed by atoms with Crippen molar-refractivity contribution < 1.29 is 13.4 Å². The van der Waals surface area contributed by atoms with Gasteiger partial charge in [-0.15, -0.1) is 0 Å². The molecule has 4 aromatic heterocycles. The van der Waals surface area contributed by atoms with Gasteiger partial charge in [-0.1, -0.05) is 42.5 Å². The van der Waals surface area contributed by atoms with Crippen LogP contribution in [0.4, 0.5) is 0 Å². The van der Waals surface area contributed by atoms with E-state index in [4.69, 9.17) is 8.83 Å². The third kappa shape index (κ3) is 2.74. The Morgan fingerprint density at radius 2 is 1.51 bits per heavy atom. The van der Waals surface area contributed by atoms with Gasteiger partial charge < -0.3 is 8.83 Å². The quantitative estimate of drug-likeness (QED) is 0.239. The lowest BCUT2D eigenvalue weighted by Crippen LogP contribution is -2.30. The van der Waals surface area contributed by atoms with Crippen molar-refractivity contribution in [3.63, 3.8) is 0 Å². The van der Waals surface area contributed by atoms with E-state index in [2.05, 4.69) is 101 Å². The molecular weight excluding hydrogens is 458 g/mol. The number of hydrogen-bond acceptors (Lipinski definition) is 3. The van der Waals surface area contributed by atoms with Crippen LogP contribution in [0.3, 0.4) is 0 Å². The first-order chi connectivity index (χ1) is 18.2. The minimum Gasteiger partial charge on any atom is -0.455 e. The summed E-state index contributed by atoms with van der Waals surface area (Å²) in [5.74, 6) is 1.05. The Kier molecular flexibility index (Phi) is 4.01. The van der Waals surface area contributed by atoms with E-state index >= 15 is 0 Å². The van der Waals surface area contributed by atoms with Crippen molar-refractivity contribution in [3.05, 3.63) is 103 Å². The molecule has 37 heavy (non-hydrogen) atoms. The normalized spacial score (nSPS) is 12.1. The summed E-state index contributed by atoms with van der Waals surface area (Å²) in [5, 5.41) is 4.33. The van der Waals surface area contributed by atoms with Gasteiger partial charge in [0.05, 0.1) is 7.05 Å². The summed E-state index contributed by atoms with van der Waals surface area (Å²) in [4.78, 5) is 4.42. The molecule has 0 spiro atoms. The van der Waals surface area contributed by atoms with Crippen molar-refractivity contribution in [2.45, 2.75) is 6.92 Å². The van der Waals surface area contributed by atoms with E-state index in [1.165, 1.54) is 0 Å². The van der Waals surface area contributed by atoms with Crippen molar-refractivity contribution in [2.75, 3.05) is 0 Å². The predicted octanol–water partition coefficient (Wildman–Crippen LogP) is 7.62. The largest absolute Gasteiger partial charge is 0.455 e. The zero-order valence-corrected chi connectivity index (χ0v) is 20.4. The van der Waals surface area contributed by atoms with E-state index in [1.807, 2.05) is 18.2 Å². The molecule has 0 unspecified atom stereocenters. The number of aromatic nitrogens is 3. The van der Waals surface area contributed by atoms with Crippen LogP contribution in [0.5, 0.6) is 0 Å². The van der Waals surface area contributed by atoms with Crippen molar-refractivity contribution >= 4 is 55.0 Å². The summed E-state index contributed by atoms with van der Waals surface area (Å²) in [6.07, 6.45) is 1.76. The third-order valence-corrected chi connectivity index (χ3v) is 7.48. The molecule has 8 aromatic rings. The van der Waals surface area contributed by atoms with Gasteiger partial charge in [0.1, 0.15) is 22.4 Å². The second-order valence-electron chi connectivity index (χ2n) is 9.58. The van der Waals surface area contributed by atoms with E-state index in [1.54, 1.807) is 6.20 Å². The number of benzene rings is 4. The maximum absolute atomic E-state index is 6.52. The molecule has 0 aliphatic carbocycles. The number of nitrogens with zero attached hydrogens (tertiary/aromatic N) is 3. The zero-order valence-electron chi connectivity index (χ0n) is 20.4. The van der Waals surface area contributed by atoms with Crippen LogP contribution in [0.1, 0.15) is 5.56 Å². The Morgan fingerprint density at radius 3 is 2.46 bits per heavy atom. The van der Waals surface area contributed by atoms with Gasteiger partial charge in [0, 0.05) is 33.8 Å². The second-order valence-corrected chi connectivity index (χ2v) is 9.58. The molecule has 4 aromatic carbocycles. The molecule has 8 rings (SSSR count). The Morgan fingerprint density at radius 1 is 0.730 bits per heavy atom. The second kappa shape index (κ2) is 7.31. The maximum Gasteiger partial charge on any atom is 0.298 e. The highest BCUT2D eigenvalue weighted by Gasteiger charge is 2.30. The molecule has 4 heterocycles. The number of imidazole rings is 1. The Hall–Kier alpha value is -4.90. The van der Waals surface area contributed by atoms with Gasteiger partial charge in [-0.2, -0.15) is 4.57 Å². The standard InChI is InChI=1S/C32H22N3O2/c1-19-13-15-23-21-8-3-6-12-27(21)36-30(23)29(19)32-34(2)25-10-4-5-11-26(25)35(32)20-14-16-22-24-9-7-17-33-31(24)37-28(22)18-20/h3-18H,1-2H3/q+1. The zero-order chi connectivity index (χ0) is 24.7. The molecule has 0 aliphatic heterocycles. The van der Waals surface area contributed by atoms with Crippen molar-refractivity contribution in [3.8, 4) is 17.1 Å². The summed E-state index contributed by atoms with van der Waals surface area (Å²) in [7, 11) is 2.12. The first-order valence-electron chi connectivity index (χ1n) is 12.4. The summed E-state index contributed by atoms with van der Waals surface area (Å²) < 4.78 is 17.2. The van der Waals surface area contributed by atoms with Crippen LogP contribution in [0.2, 0.25) is 0 Å². The minimum absolute atomic E-state index is 0.653. The van der Waals surface area contributed by atoms with E-state index in [-0.39, 0.29) is 0 Å². The highest BCUT2D eigenvalue weighted by atomic mass is 16.3. The molecule has 5 heteroatoms. The molecule has 0 atom stereocenters. The summed E-state index contributed by atoms with van der Waals surface area (Å²) in [6, 6.07) is 31.5. The topological polar surface area (TPSA) is 48.0 Å². The monoisotopic (exact) mass is 480 g/mol. The van der Waals surface area contributed by atoms with Crippen molar-refractivity contribution in [1.82, 2.24) is 9.55 Å². The highest BCUT2D eigenvalue weighted by molar-refractivity contribution is 6.10. The molecule has 0 fully saturated rings. The first kappa shape index (κ1) is 20.3. The third-order valence-electron chi connectivity index (χ3n) is 7.48. The van der Waals surface area contributed by atoms with Crippen LogP contribution in [0, 0.1) is 6.92 Å². The molecular formula is C32H22N3O2+. The summed E-state index contributed by atoms with van der Waals surface area (Å²) >= 11 is 0. The van der Waals surface area contributed by atoms with Gasteiger partial charge in [-0.05, 0) is 55.0 Å². The van der Waals surface area contributed by atoms with Crippen LogP contribution in [0.25, 0.3) is 72.1 Å². The van der Waals surface area contributed by atoms with Crippen molar-refractivity contribution in [1.29, 1.82) is 0 Å². The van der Waals surface area contributed by atoms with E-state index < -0.39 is 0 Å². The summed E-state index contributed by atoms with van der Waals surface area (Å²) in [6.45, 7) is 2.15. The molecule has 5 nitrogen and oxygen atoms in total. The molecule has 0 radical (unpaired) electrons. The van der Waals surface area contributed by atoms with Crippen LogP contribution < -0.4 is 4.57 Å². The molecule has 176 valence electrons. The highest BCUT2D eigenvalue weighted by Crippen LogP contribution is 2.39. The van der Waals surface area contributed by atoms with Gasteiger partial charge in [-0.25, -0.2) is 9.55 Å². The molecule has 0 saturated carbocycles. The molecule has 0 aliphatic rings. The lowest BCUT2D eigenvalue weighted by molar-refractivity contribution is -0.633. The van der Waals surface area contributed by atoms with Crippen LogP contribution in [-0.2, 0) is 7.05 Å². The number of fused-ring (bicyclic) bond motifs is 7. The fourth-order valence-corrected chi connectivity index (χ4v) is 5.76. The Labute approximate surface area is 211 Å². The molecule has 0 bridgehead atoms. The number of furan rings is 2.